The molecule has 0 radical (unpaired) electrons. The van der Waals surface area contributed by atoms with Crippen LogP contribution in [0.2, 0.25) is 0 Å². The van der Waals surface area contributed by atoms with Crippen molar-refractivity contribution in [2.75, 3.05) is 7.05 Å². The van der Waals surface area contributed by atoms with Gasteiger partial charge in [-0.3, -0.25) is 0 Å². The van der Waals surface area contributed by atoms with Crippen LogP contribution < -0.4 is 5.32 Å². The molecule has 1 N–H and O–H groups in total. The van der Waals surface area contributed by atoms with Gasteiger partial charge in [0.15, 0.2) is 0 Å². The highest BCUT2D eigenvalue weighted by Crippen LogP contribution is 2.17. The third-order valence-electron chi connectivity index (χ3n) is 3.05. The fourth-order valence-electron chi connectivity index (χ4n) is 1.82. The summed E-state index contributed by atoms with van der Waals surface area (Å²) in [4.78, 5) is 13.3. The van der Waals surface area contributed by atoms with Gasteiger partial charge >= 0.3 is 6.03 Å². The third kappa shape index (κ3) is 3.43. The predicted octanol–water partition coefficient (Wildman–Crippen LogP) is 1.87. The number of rotatable bonds is 3. The van der Waals surface area contributed by atoms with Crippen LogP contribution >= 0.6 is 0 Å². The molecule has 0 aliphatic heterocycles. The van der Waals surface area contributed by atoms with E-state index in [4.69, 9.17) is 5.26 Å². The minimum Gasteiger partial charge on any atom is -0.335 e. The molecule has 0 heterocycles. The topological polar surface area (TPSA) is 56.1 Å². The molecule has 1 atom stereocenters. The van der Waals surface area contributed by atoms with Crippen molar-refractivity contribution in [3.63, 3.8) is 0 Å². The maximum Gasteiger partial charge on any atom is 0.317 e. The minimum atomic E-state index is -0.0512. The molecule has 1 fully saturated rings. The Labute approximate surface area is 91.2 Å². The average Bonchev–Trinajstić information content (AvgIpc) is 2.69. The van der Waals surface area contributed by atoms with Crippen molar-refractivity contribution in [1.82, 2.24) is 10.2 Å². The Hall–Kier alpha value is -1.24. The molecule has 1 aliphatic rings. The minimum absolute atomic E-state index is 0.0172. The first-order valence-corrected chi connectivity index (χ1v) is 5.55. The quantitative estimate of drug-likeness (QED) is 0.771. The molecule has 1 rings (SSSR count). The number of nitrogens with one attached hydrogen (secondary N) is 1. The van der Waals surface area contributed by atoms with E-state index in [-0.39, 0.29) is 12.1 Å². The van der Waals surface area contributed by atoms with Crippen LogP contribution in [0.25, 0.3) is 0 Å². The highest BCUT2D eigenvalue weighted by molar-refractivity contribution is 5.74. The summed E-state index contributed by atoms with van der Waals surface area (Å²) in [7, 11) is 1.74. The largest absolute Gasteiger partial charge is 0.335 e. The molecule has 4 nitrogen and oxygen atoms in total. The Kier molecular flexibility index (Phi) is 4.41. The van der Waals surface area contributed by atoms with E-state index < -0.39 is 0 Å². The highest BCUT2D eigenvalue weighted by atomic mass is 16.2. The van der Waals surface area contributed by atoms with Gasteiger partial charge in [-0.05, 0) is 19.8 Å². The Balaban J connectivity index is 2.35. The lowest BCUT2D eigenvalue weighted by atomic mass is 10.2. The van der Waals surface area contributed by atoms with Gasteiger partial charge < -0.3 is 10.2 Å². The van der Waals surface area contributed by atoms with Crippen molar-refractivity contribution in [3.8, 4) is 6.07 Å². The zero-order valence-corrected chi connectivity index (χ0v) is 9.49. The average molecular weight is 209 g/mol. The summed E-state index contributed by atoms with van der Waals surface area (Å²) in [5.41, 5.74) is 0. The molecule has 15 heavy (non-hydrogen) atoms. The van der Waals surface area contributed by atoms with Crippen molar-refractivity contribution in [2.24, 2.45) is 0 Å². The van der Waals surface area contributed by atoms with Crippen LogP contribution in [0.5, 0.6) is 0 Å². The van der Waals surface area contributed by atoms with E-state index in [2.05, 4.69) is 11.4 Å². The van der Waals surface area contributed by atoms with Crippen molar-refractivity contribution in [1.29, 1.82) is 5.26 Å². The van der Waals surface area contributed by atoms with Crippen molar-refractivity contribution < 1.29 is 4.79 Å². The van der Waals surface area contributed by atoms with Crippen LogP contribution in [-0.4, -0.2) is 30.1 Å². The first kappa shape index (κ1) is 11.8. The Morgan fingerprint density at radius 3 is 2.73 bits per heavy atom. The van der Waals surface area contributed by atoms with E-state index in [1.807, 2.05) is 6.92 Å². The van der Waals surface area contributed by atoms with Gasteiger partial charge in [0.05, 0.1) is 12.5 Å². The van der Waals surface area contributed by atoms with Gasteiger partial charge in [0.25, 0.3) is 0 Å². The normalized spacial score (nSPS) is 18.2. The van der Waals surface area contributed by atoms with E-state index in [1.165, 1.54) is 12.8 Å². The first-order chi connectivity index (χ1) is 7.15. The molecule has 0 saturated heterocycles. The molecule has 0 aromatic heterocycles. The van der Waals surface area contributed by atoms with Crippen LogP contribution in [0.15, 0.2) is 0 Å². The SMILES string of the molecule is CC(CC#N)N(C)C(=O)NC1CCCC1. The van der Waals surface area contributed by atoms with Crippen LogP contribution in [0.1, 0.15) is 39.0 Å². The summed E-state index contributed by atoms with van der Waals surface area (Å²) in [5, 5.41) is 11.5. The zero-order valence-electron chi connectivity index (χ0n) is 9.49. The second-order valence-corrected chi connectivity index (χ2v) is 4.25. The second kappa shape index (κ2) is 5.59. The zero-order chi connectivity index (χ0) is 11.3. The fraction of sp³-hybridized carbons (Fsp3) is 0.818. The molecule has 0 aromatic rings. The summed E-state index contributed by atoms with van der Waals surface area (Å²) in [6, 6.07) is 2.35. The van der Waals surface area contributed by atoms with Crippen molar-refractivity contribution in [2.45, 2.75) is 51.1 Å². The molecule has 1 unspecified atom stereocenters. The van der Waals surface area contributed by atoms with Crippen molar-refractivity contribution in [3.05, 3.63) is 0 Å². The Morgan fingerprint density at radius 1 is 1.60 bits per heavy atom. The second-order valence-electron chi connectivity index (χ2n) is 4.25. The van der Waals surface area contributed by atoms with Crippen LogP contribution in [0.4, 0.5) is 4.79 Å². The molecule has 2 amide bonds. The monoisotopic (exact) mass is 209 g/mol. The van der Waals surface area contributed by atoms with Gasteiger partial charge in [-0.2, -0.15) is 5.26 Å². The van der Waals surface area contributed by atoms with E-state index in [9.17, 15) is 4.79 Å². The number of nitriles is 1. The van der Waals surface area contributed by atoms with Crippen LogP contribution in [0, 0.1) is 11.3 Å². The first-order valence-electron chi connectivity index (χ1n) is 5.55. The van der Waals surface area contributed by atoms with Gasteiger partial charge in [-0.25, -0.2) is 4.79 Å². The maximum absolute atomic E-state index is 11.7. The summed E-state index contributed by atoms with van der Waals surface area (Å²) in [5.74, 6) is 0. The summed E-state index contributed by atoms with van der Waals surface area (Å²) in [6.45, 7) is 1.89. The number of carbonyl (C=O) groups is 1. The summed E-state index contributed by atoms with van der Waals surface area (Å²) >= 11 is 0. The summed E-state index contributed by atoms with van der Waals surface area (Å²) < 4.78 is 0. The van der Waals surface area contributed by atoms with Gasteiger partial charge in [-0.1, -0.05) is 12.8 Å². The van der Waals surface area contributed by atoms with E-state index >= 15 is 0 Å². The summed E-state index contributed by atoms with van der Waals surface area (Å²) in [6.07, 6.45) is 4.98. The van der Waals surface area contributed by atoms with E-state index in [0.717, 1.165) is 12.8 Å². The lowest BCUT2D eigenvalue weighted by Crippen LogP contribution is -2.45. The number of nitrogens with zero attached hydrogens (tertiary/aromatic N) is 2. The molecule has 1 aliphatic carbocycles. The molecule has 4 heteroatoms. The predicted molar refractivity (Wildman–Crippen MR) is 58.2 cm³/mol. The number of hydrogen-bond acceptors (Lipinski definition) is 2. The highest BCUT2D eigenvalue weighted by Gasteiger charge is 2.21. The van der Waals surface area contributed by atoms with Crippen LogP contribution in [0.3, 0.4) is 0 Å². The van der Waals surface area contributed by atoms with Gasteiger partial charge in [-0.15, -0.1) is 0 Å². The van der Waals surface area contributed by atoms with Crippen LogP contribution in [-0.2, 0) is 0 Å². The fourth-order valence-corrected chi connectivity index (χ4v) is 1.82. The number of hydrogen-bond donors (Lipinski definition) is 1. The van der Waals surface area contributed by atoms with E-state index in [0.29, 0.717) is 12.5 Å². The number of amides is 2. The lowest BCUT2D eigenvalue weighted by Gasteiger charge is -2.25. The Morgan fingerprint density at radius 2 is 2.20 bits per heavy atom. The maximum atomic E-state index is 11.7. The molecule has 84 valence electrons. The van der Waals surface area contributed by atoms with Gasteiger partial charge in [0.1, 0.15) is 0 Å². The van der Waals surface area contributed by atoms with Crippen molar-refractivity contribution >= 4 is 6.03 Å². The lowest BCUT2D eigenvalue weighted by molar-refractivity contribution is 0.191. The number of urea groups is 1. The smallest absolute Gasteiger partial charge is 0.317 e. The molecular weight excluding hydrogens is 190 g/mol. The number of carbonyl (C=O) groups excluding carboxylic acids is 1. The molecule has 0 aromatic carbocycles. The standard InChI is InChI=1S/C11H19N3O/c1-9(7-8-12)14(2)11(15)13-10-5-3-4-6-10/h9-10H,3-7H2,1-2H3,(H,13,15). The third-order valence-corrected chi connectivity index (χ3v) is 3.05. The molecule has 0 bridgehead atoms. The van der Waals surface area contributed by atoms with Gasteiger partial charge in [0.2, 0.25) is 0 Å². The Bertz CT molecular complexity index is 253. The van der Waals surface area contributed by atoms with Gasteiger partial charge in [0, 0.05) is 19.1 Å². The molecule has 1 saturated carbocycles. The molecule has 0 spiro atoms. The van der Waals surface area contributed by atoms with E-state index in [1.54, 1.807) is 11.9 Å². The molecular formula is C11H19N3O.